The maximum absolute atomic E-state index is 13.7. The lowest BCUT2D eigenvalue weighted by Crippen LogP contribution is -2.43. The predicted molar refractivity (Wildman–Crippen MR) is 116 cm³/mol. The maximum Gasteiger partial charge on any atom is 0.278 e. The van der Waals surface area contributed by atoms with Gasteiger partial charge in [-0.15, -0.1) is 0 Å². The molecule has 3 aliphatic rings. The Morgan fingerprint density at radius 3 is 2.00 bits per heavy atom. The van der Waals surface area contributed by atoms with Crippen LogP contribution in [0.3, 0.4) is 0 Å². The summed E-state index contributed by atoms with van der Waals surface area (Å²) in [5, 5.41) is 0. The second kappa shape index (κ2) is 8.73. The van der Waals surface area contributed by atoms with E-state index in [1.807, 2.05) is 31.2 Å². The first kappa shape index (κ1) is 20.2. The zero-order valence-corrected chi connectivity index (χ0v) is 18.0. The number of piperidine rings is 1. The third-order valence-electron chi connectivity index (χ3n) is 6.97. The van der Waals surface area contributed by atoms with Crippen molar-refractivity contribution >= 4 is 17.4 Å². The minimum Gasteiger partial charge on any atom is -0.366 e. The highest BCUT2D eigenvalue weighted by atomic mass is 16.2. The molecule has 2 heterocycles. The van der Waals surface area contributed by atoms with E-state index in [-0.39, 0.29) is 17.9 Å². The zero-order chi connectivity index (χ0) is 20.4. The first-order chi connectivity index (χ1) is 14.1. The molecule has 0 radical (unpaired) electrons. The molecule has 1 aliphatic carbocycles. The van der Waals surface area contributed by atoms with Crippen molar-refractivity contribution in [2.24, 2.45) is 5.92 Å². The molecule has 1 saturated heterocycles. The van der Waals surface area contributed by atoms with E-state index in [0.29, 0.717) is 17.2 Å². The molecule has 0 bridgehead atoms. The lowest BCUT2D eigenvalue weighted by atomic mass is 9.95. The lowest BCUT2D eigenvalue weighted by molar-refractivity contribution is -0.140. The van der Waals surface area contributed by atoms with Gasteiger partial charge in [-0.25, -0.2) is 0 Å². The second-order valence-electron chi connectivity index (χ2n) is 9.24. The van der Waals surface area contributed by atoms with Crippen LogP contribution in [0.1, 0.15) is 75.8 Å². The molecule has 4 nitrogen and oxygen atoms in total. The fourth-order valence-electron chi connectivity index (χ4n) is 5.07. The number of nitrogens with zero attached hydrogens (tertiary/aromatic N) is 2. The van der Waals surface area contributed by atoms with Gasteiger partial charge in [0.25, 0.3) is 11.8 Å². The van der Waals surface area contributed by atoms with Gasteiger partial charge in [0, 0.05) is 19.1 Å². The first-order valence-electron chi connectivity index (χ1n) is 11.5. The van der Waals surface area contributed by atoms with Crippen molar-refractivity contribution in [3.05, 3.63) is 41.1 Å². The molecule has 2 amide bonds. The fourth-order valence-corrected chi connectivity index (χ4v) is 5.07. The average molecular weight is 395 g/mol. The predicted octanol–water partition coefficient (Wildman–Crippen LogP) is 4.92. The van der Waals surface area contributed by atoms with Gasteiger partial charge in [-0.3, -0.25) is 14.5 Å². The first-order valence-corrected chi connectivity index (χ1v) is 11.5. The molecular weight excluding hydrogens is 360 g/mol. The summed E-state index contributed by atoms with van der Waals surface area (Å²) in [4.78, 5) is 31.1. The van der Waals surface area contributed by atoms with E-state index < -0.39 is 0 Å². The SMILES string of the molecule is Cc1ccc(C2=C(N3CCC(C)CC3)C(=O)N(C3CCCCCCC3)C2=O)cc1. The van der Waals surface area contributed by atoms with Gasteiger partial charge in [-0.1, -0.05) is 68.9 Å². The van der Waals surface area contributed by atoms with Crippen LogP contribution >= 0.6 is 0 Å². The standard InChI is InChI=1S/C25H34N2O2/c1-18-10-12-20(13-11-18)22-23(26-16-14-19(2)15-17-26)25(29)27(24(22)28)21-8-6-4-3-5-7-9-21/h10-13,19,21H,3-9,14-17H2,1-2H3. The Balaban J connectivity index is 1.70. The van der Waals surface area contributed by atoms with E-state index in [9.17, 15) is 9.59 Å². The van der Waals surface area contributed by atoms with E-state index in [0.717, 1.165) is 62.7 Å². The molecule has 1 aromatic carbocycles. The van der Waals surface area contributed by atoms with Crippen molar-refractivity contribution in [1.29, 1.82) is 0 Å². The van der Waals surface area contributed by atoms with Crippen LogP contribution in [0.2, 0.25) is 0 Å². The van der Waals surface area contributed by atoms with E-state index in [1.54, 1.807) is 4.90 Å². The highest BCUT2D eigenvalue weighted by Gasteiger charge is 2.44. The summed E-state index contributed by atoms with van der Waals surface area (Å²) in [6.07, 6.45) is 9.97. The van der Waals surface area contributed by atoms with Crippen LogP contribution in [0.25, 0.3) is 5.57 Å². The van der Waals surface area contributed by atoms with Gasteiger partial charge in [-0.2, -0.15) is 0 Å². The Labute approximate surface area is 175 Å². The van der Waals surface area contributed by atoms with E-state index >= 15 is 0 Å². The molecule has 0 N–H and O–H groups in total. The Kier molecular flexibility index (Phi) is 6.07. The van der Waals surface area contributed by atoms with Crippen LogP contribution in [0, 0.1) is 12.8 Å². The fraction of sp³-hybridized carbons (Fsp3) is 0.600. The average Bonchev–Trinajstić information content (AvgIpc) is 2.94. The van der Waals surface area contributed by atoms with Crippen molar-refractivity contribution < 1.29 is 9.59 Å². The minimum atomic E-state index is -0.0713. The number of carbonyl (C=O) groups excluding carboxylic acids is 2. The summed E-state index contributed by atoms with van der Waals surface area (Å²) in [6, 6.07) is 8.13. The highest BCUT2D eigenvalue weighted by molar-refractivity contribution is 6.35. The van der Waals surface area contributed by atoms with Gasteiger partial charge in [0.1, 0.15) is 5.70 Å². The largest absolute Gasteiger partial charge is 0.366 e. The molecule has 1 saturated carbocycles. The zero-order valence-electron chi connectivity index (χ0n) is 18.0. The van der Waals surface area contributed by atoms with Gasteiger partial charge >= 0.3 is 0 Å². The van der Waals surface area contributed by atoms with Gasteiger partial charge < -0.3 is 4.90 Å². The van der Waals surface area contributed by atoms with Crippen LogP contribution in [-0.2, 0) is 9.59 Å². The molecule has 156 valence electrons. The van der Waals surface area contributed by atoms with Crippen LogP contribution in [0.5, 0.6) is 0 Å². The number of rotatable bonds is 3. The topological polar surface area (TPSA) is 40.6 Å². The molecule has 2 aliphatic heterocycles. The molecule has 4 heteroatoms. The number of aryl methyl sites for hydroxylation is 1. The normalized spacial score (nSPS) is 23.0. The van der Waals surface area contributed by atoms with Gasteiger partial charge in [-0.05, 0) is 44.1 Å². The molecule has 29 heavy (non-hydrogen) atoms. The third kappa shape index (κ3) is 4.12. The van der Waals surface area contributed by atoms with Crippen molar-refractivity contribution in [2.45, 2.75) is 77.7 Å². The summed E-state index contributed by atoms with van der Waals surface area (Å²) < 4.78 is 0. The van der Waals surface area contributed by atoms with Crippen LogP contribution in [-0.4, -0.2) is 40.7 Å². The summed E-state index contributed by atoms with van der Waals surface area (Å²) in [5.41, 5.74) is 3.34. The van der Waals surface area contributed by atoms with Gasteiger partial charge in [0.05, 0.1) is 5.57 Å². The number of imide groups is 1. The second-order valence-corrected chi connectivity index (χ2v) is 9.24. The Bertz CT molecular complexity index is 780. The van der Waals surface area contributed by atoms with Crippen molar-refractivity contribution in [2.75, 3.05) is 13.1 Å². The van der Waals surface area contributed by atoms with Gasteiger partial charge in [0.15, 0.2) is 0 Å². The summed E-state index contributed by atoms with van der Waals surface area (Å²) in [5.74, 6) is 0.562. The van der Waals surface area contributed by atoms with Crippen molar-refractivity contribution in [3.8, 4) is 0 Å². The van der Waals surface area contributed by atoms with Gasteiger partial charge in [0.2, 0.25) is 0 Å². The number of likely N-dealkylation sites (tertiary alicyclic amines) is 1. The number of amides is 2. The molecule has 0 spiro atoms. The summed E-state index contributed by atoms with van der Waals surface area (Å²) in [7, 11) is 0. The van der Waals surface area contributed by atoms with Crippen molar-refractivity contribution in [3.63, 3.8) is 0 Å². The smallest absolute Gasteiger partial charge is 0.278 e. The highest BCUT2D eigenvalue weighted by Crippen LogP contribution is 2.37. The van der Waals surface area contributed by atoms with Crippen molar-refractivity contribution in [1.82, 2.24) is 9.80 Å². The van der Waals surface area contributed by atoms with Crippen LogP contribution in [0.4, 0.5) is 0 Å². The van der Waals surface area contributed by atoms with Crippen LogP contribution in [0.15, 0.2) is 30.0 Å². The molecular formula is C25H34N2O2. The summed E-state index contributed by atoms with van der Waals surface area (Å²) in [6.45, 7) is 6.05. The number of benzene rings is 1. The molecule has 4 rings (SSSR count). The quantitative estimate of drug-likeness (QED) is 0.683. The molecule has 2 fully saturated rings. The minimum absolute atomic E-state index is 0.0503. The number of carbonyl (C=O) groups is 2. The number of hydrogen-bond acceptors (Lipinski definition) is 3. The lowest BCUT2D eigenvalue weighted by Gasteiger charge is -2.33. The van der Waals surface area contributed by atoms with E-state index in [1.165, 1.54) is 19.3 Å². The Hall–Kier alpha value is -2.10. The monoisotopic (exact) mass is 394 g/mol. The molecule has 0 unspecified atom stereocenters. The molecule has 0 aromatic heterocycles. The Morgan fingerprint density at radius 2 is 1.38 bits per heavy atom. The third-order valence-corrected chi connectivity index (χ3v) is 6.97. The van der Waals surface area contributed by atoms with E-state index in [2.05, 4.69) is 11.8 Å². The maximum atomic E-state index is 13.7. The van der Waals surface area contributed by atoms with Crippen LogP contribution < -0.4 is 0 Å². The Morgan fingerprint density at radius 1 is 0.793 bits per heavy atom. The van der Waals surface area contributed by atoms with E-state index in [4.69, 9.17) is 0 Å². The molecule has 0 atom stereocenters. The molecule has 1 aromatic rings. The summed E-state index contributed by atoms with van der Waals surface area (Å²) >= 11 is 0. The number of hydrogen-bond donors (Lipinski definition) is 0.